The molecule has 0 saturated heterocycles. The molecule has 0 aliphatic rings. The molecule has 0 N–H and O–H groups in total. The van der Waals surface area contributed by atoms with Crippen molar-refractivity contribution in [2.45, 2.75) is 26.6 Å². The third kappa shape index (κ3) is 2.95. The van der Waals surface area contributed by atoms with Gasteiger partial charge in [0.2, 0.25) is 5.82 Å². The highest BCUT2D eigenvalue weighted by molar-refractivity contribution is 9.10. The average molecular weight is 401 g/mol. The molecule has 0 atom stereocenters. The van der Waals surface area contributed by atoms with Crippen molar-refractivity contribution < 1.29 is 17.7 Å². The first-order chi connectivity index (χ1) is 11.3. The maximum Gasteiger partial charge on any atom is 0.416 e. The summed E-state index contributed by atoms with van der Waals surface area (Å²) in [4.78, 5) is 4.22. The van der Waals surface area contributed by atoms with Crippen LogP contribution in [0.5, 0.6) is 0 Å². The summed E-state index contributed by atoms with van der Waals surface area (Å²) in [5.41, 5.74) is 0.823. The van der Waals surface area contributed by atoms with Crippen LogP contribution in [0, 0.1) is 6.92 Å². The molecule has 0 unspecified atom stereocenters. The van der Waals surface area contributed by atoms with Gasteiger partial charge in [-0.2, -0.15) is 23.3 Å². The molecule has 0 fully saturated rings. The van der Waals surface area contributed by atoms with Crippen LogP contribution in [-0.2, 0) is 12.7 Å². The van der Waals surface area contributed by atoms with E-state index in [1.54, 1.807) is 4.68 Å². The lowest BCUT2D eigenvalue weighted by atomic mass is 10.1. The molecule has 0 aliphatic heterocycles. The highest BCUT2D eigenvalue weighted by Crippen LogP contribution is 2.33. The van der Waals surface area contributed by atoms with Crippen molar-refractivity contribution in [3.63, 3.8) is 0 Å². The average Bonchev–Trinajstić information content (AvgIpc) is 3.12. The minimum Gasteiger partial charge on any atom is -0.332 e. The van der Waals surface area contributed by atoms with Gasteiger partial charge in [-0.3, -0.25) is 4.68 Å². The van der Waals surface area contributed by atoms with Crippen LogP contribution < -0.4 is 0 Å². The van der Waals surface area contributed by atoms with Crippen LogP contribution >= 0.6 is 15.9 Å². The van der Waals surface area contributed by atoms with Gasteiger partial charge in [-0.15, -0.1) is 0 Å². The summed E-state index contributed by atoms with van der Waals surface area (Å²) >= 11 is 3.42. The number of nitrogens with zero attached hydrogens (tertiary/aromatic N) is 4. The minimum absolute atomic E-state index is 0.0875. The Morgan fingerprint density at radius 3 is 2.71 bits per heavy atom. The van der Waals surface area contributed by atoms with E-state index in [0.29, 0.717) is 16.7 Å². The second kappa shape index (κ2) is 6.04. The van der Waals surface area contributed by atoms with Gasteiger partial charge in [-0.05, 0) is 41.9 Å². The van der Waals surface area contributed by atoms with Gasteiger partial charge in [0.25, 0.3) is 5.89 Å². The smallest absolute Gasteiger partial charge is 0.332 e. The fraction of sp³-hybridized carbons (Fsp3) is 0.267. The van der Waals surface area contributed by atoms with Gasteiger partial charge in [0, 0.05) is 12.1 Å². The monoisotopic (exact) mass is 400 g/mol. The maximum atomic E-state index is 12.8. The molecule has 0 aliphatic carbocycles. The number of rotatable bonds is 3. The molecule has 0 saturated carbocycles. The Morgan fingerprint density at radius 1 is 1.29 bits per heavy atom. The number of hydrogen-bond donors (Lipinski definition) is 0. The van der Waals surface area contributed by atoms with E-state index in [4.69, 9.17) is 4.52 Å². The van der Waals surface area contributed by atoms with Crippen molar-refractivity contribution >= 4 is 15.9 Å². The highest BCUT2D eigenvalue weighted by atomic mass is 79.9. The number of benzene rings is 1. The second-order valence-corrected chi connectivity index (χ2v) is 5.86. The van der Waals surface area contributed by atoms with E-state index in [-0.39, 0.29) is 17.3 Å². The summed E-state index contributed by atoms with van der Waals surface area (Å²) in [6.07, 6.45) is -4.43. The molecule has 3 aromatic rings. The quantitative estimate of drug-likeness (QED) is 0.638. The van der Waals surface area contributed by atoms with Crippen molar-refractivity contribution in [2.75, 3.05) is 0 Å². The molecule has 126 valence electrons. The van der Waals surface area contributed by atoms with Crippen LogP contribution in [0.15, 0.2) is 33.3 Å². The molecule has 0 bridgehead atoms. The van der Waals surface area contributed by atoms with Crippen molar-refractivity contribution in [1.29, 1.82) is 0 Å². The first-order valence-electron chi connectivity index (χ1n) is 7.06. The molecule has 0 radical (unpaired) electrons. The Hall–Kier alpha value is -2.16. The first kappa shape index (κ1) is 16.7. The van der Waals surface area contributed by atoms with E-state index in [1.165, 1.54) is 12.1 Å². The van der Waals surface area contributed by atoms with Crippen LogP contribution in [-0.4, -0.2) is 19.9 Å². The Labute approximate surface area is 143 Å². The number of aryl methyl sites for hydroxylation is 2. The largest absolute Gasteiger partial charge is 0.416 e. The third-order valence-corrected chi connectivity index (χ3v) is 4.38. The molecule has 2 aromatic heterocycles. The summed E-state index contributed by atoms with van der Waals surface area (Å²) in [5.74, 6) is 0.279. The zero-order valence-corrected chi connectivity index (χ0v) is 14.3. The normalized spacial score (nSPS) is 11.9. The topological polar surface area (TPSA) is 56.7 Å². The van der Waals surface area contributed by atoms with Crippen LogP contribution in [0.25, 0.3) is 23.0 Å². The van der Waals surface area contributed by atoms with Gasteiger partial charge in [0.15, 0.2) is 0 Å². The second-order valence-electron chi connectivity index (χ2n) is 5.07. The molecular weight excluding hydrogens is 389 g/mol. The van der Waals surface area contributed by atoms with Gasteiger partial charge in [0.1, 0.15) is 5.69 Å². The van der Waals surface area contributed by atoms with Gasteiger partial charge >= 0.3 is 6.18 Å². The number of aromatic nitrogens is 4. The summed E-state index contributed by atoms with van der Waals surface area (Å²) in [7, 11) is 0. The van der Waals surface area contributed by atoms with Crippen LogP contribution in [0.4, 0.5) is 13.2 Å². The highest BCUT2D eigenvalue weighted by Gasteiger charge is 2.31. The molecule has 0 amide bonds. The van der Waals surface area contributed by atoms with Crippen LogP contribution in [0.1, 0.15) is 18.2 Å². The van der Waals surface area contributed by atoms with Crippen molar-refractivity contribution in [1.82, 2.24) is 19.9 Å². The number of halogens is 4. The summed E-state index contributed by atoms with van der Waals surface area (Å²) < 4.78 is 46.1. The predicted molar refractivity (Wildman–Crippen MR) is 84.1 cm³/mol. The molecule has 9 heteroatoms. The lowest BCUT2D eigenvalue weighted by molar-refractivity contribution is -0.137. The molecule has 3 rings (SSSR count). The van der Waals surface area contributed by atoms with Crippen LogP contribution in [0.2, 0.25) is 0 Å². The zero-order valence-electron chi connectivity index (χ0n) is 12.7. The standard InChI is InChI=1S/C15H12BrF3N4O/c1-3-23-12(11(16)8(2)21-23)14-20-13(22-24-14)9-5-4-6-10(7-9)15(17,18)19/h4-7H,3H2,1-2H3. The van der Waals surface area contributed by atoms with E-state index in [9.17, 15) is 13.2 Å². The first-order valence-corrected chi connectivity index (χ1v) is 7.85. The van der Waals surface area contributed by atoms with E-state index >= 15 is 0 Å². The summed E-state index contributed by atoms with van der Waals surface area (Å²) in [6.45, 7) is 4.32. The predicted octanol–water partition coefficient (Wildman–Crippen LogP) is 4.71. The maximum absolute atomic E-state index is 12.8. The lowest BCUT2D eigenvalue weighted by Crippen LogP contribution is -2.04. The molecular formula is C15H12BrF3N4O. The van der Waals surface area contributed by atoms with E-state index in [0.717, 1.165) is 17.8 Å². The molecule has 1 aromatic carbocycles. The fourth-order valence-corrected chi connectivity index (χ4v) is 2.72. The molecule has 0 spiro atoms. The van der Waals surface area contributed by atoms with Crippen molar-refractivity contribution in [3.8, 4) is 23.0 Å². The number of alkyl halides is 3. The van der Waals surface area contributed by atoms with Gasteiger partial charge < -0.3 is 4.52 Å². The Morgan fingerprint density at radius 2 is 2.04 bits per heavy atom. The lowest BCUT2D eigenvalue weighted by Gasteiger charge is -2.06. The van der Waals surface area contributed by atoms with E-state index in [1.807, 2.05) is 13.8 Å². The summed E-state index contributed by atoms with van der Waals surface area (Å²) in [5, 5.41) is 8.12. The molecule has 2 heterocycles. The van der Waals surface area contributed by atoms with Crippen molar-refractivity contribution in [2.24, 2.45) is 0 Å². The van der Waals surface area contributed by atoms with Crippen LogP contribution in [0.3, 0.4) is 0 Å². The number of hydrogen-bond acceptors (Lipinski definition) is 4. The molecule has 24 heavy (non-hydrogen) atoms. The Kier molecular flexibility index (Phi) is 4.20. The van der Waals surface area contributed by atoms with E-state index < -0.39 is 11.7 Å². The summed E-state index contributed by atoms with van der Waals surface area (Å²) in [6, 6.07) is 4.80. The van der Waals surface area contributed by atoms with Gasteiger partial charge in [0.05, 0.1) is 15.7 Å². The fourth-order valence-electron chi connectivity index (χ4n) is 2.26. The zero-order chi connectivity index (χ0) is 17.5. The van der Waals surface area contributed by atoms with Gasteiger partial charge in [-0.25, -0.2) is 0 Å². The van der Waals surface area contributed by atoms with E-state index in [2.05, 4.69) is 31.2 Å². The third-order valence-electron chi connectivity index (χ3n) is 3.43. The Bertz CT molecular complexity index is 885. The Balaban J connectivity index is 2.04. The molecule has 5 nitrogen and oxygen atoms in total. The minimum atomic E-state index is -4.43. The van der Waals surface area contributed by atoms with Gasteiger partial charge in [-0.1, -0.05) is 17.3 Å². The SMILES string of the molecule is CCn1nc(C)c(Br)c1-c1nc(-c2cccc(C(F)(F)F)c2)no1. The van der Waals surface area contributed by atoms with Crippen molar-refractivity contribution in [3.05, 3.63) is 40.0 Å².